The lowest BCUT2D eigenvalue weighted by atomic mass is 10.2. The van der Waals surface area contributed by atoms with E-state index < -0.39 is 16.1 Å². The molecule has 0 N–H and O–H groups in total. The Bertz CT molecular complexity index is 827. The predicted octanol–water partition coefficient (Wildman–Crippen LogP) is 2.70. The van der Waals surface area contributed by atoms with Crippen molar-refractivity contribution >= 4 is 21.8 Å². The largest absolute Gasteiger partial charge is 0.463 e. The number of carbonyl (C=O) groups is 1. The van der Waals surface area contributed by atoms with Gasteiger partial charge in [-0.3, -0.25) is 4.98 Å². The molecule has 0 atom stereocenters. The number of ether oxygens (including phenoxy) is 1. The molecular weight excluding hydrogens is 330 g/mol. The van der Waals surface area contributed by atoms with Crippen LogP contribution in [0.5, 0.6) is 0 Å². The van der Waals surface area contributed by atoms with Crippen molar-refractivity contribution in [1.29, 1.82) is 0 Å². The third-order valence-electron chi connectivity index (χ3n) is 2.99. The number of hydrogen-bond acceptors (Lipinski definition) is 6. The van der Waals surface area contributed by atoms with Gasteiger partial charge in [-0.25, -0.2) is 4.79 Å². The number of carbonyl (C=O) groups excluding carboxylic acids is 1. The molecule has 0 spiro atoms. The molecule has 0 saturated heterocycles. The summed E-state index contributed by atoms with van der Waals surface area (Å²) in [5, 5.41) is 0. The van der Waals surface area contributed by atoms with Crippen molar-refractivity contribution in [1.82, 2.24) is 4.98 Å². The number of rotatable bonds is 6. The van der Waals surface area contributed by atoms with Crippen molar-refractivity contribution in [3.63, 3.8) is 0 Å². The summed E-state index contributed by atoms with van der Waals surface area (Å²) in [6, 6.07) is 9.40. The van der Waals surface area contributed by atoms with Crippen LogP contribution in [0.1, 0.15) is 18.1 Å². The average molecular weight is 347 g/mol. The lowest BCUT2D eigenvalue weighted by Gasteiger charge is -2.11. The smallest absolute Gasteiger partial charge is 0.339 e. The van der Waals surface area contributed by atoms with Gasteiger partial charge in [-0.15, -0.1) is 0 Å². The van der Waals surface area contributed by atoms with Gasteiger partial charge in [-0.1, -0.05) is 17.7 Å². The van der Waals surface area contributed by atoms with Gasteiger partial charge in [0, 0.05) is 18.0 Å². The molecule has 0 aliphatic carbocycles. The van der Waals surface area contributed by atoms with E-state index in [0.717, 1.165) is 11.6 Å². The van der Waals surface area contributed by atoms with Gasteiger partial charge in [-0.2, -0.15) is 8.42 Å². The lowest BCUT2D eigenvalue weighted by molar-refractivity contribution is -0.137. The molecule has 6 nitrogen and oxygen atoms in total. The summed E-state index contributed by atoms with van der Waals surface area (Å²) in [5.74, 6) is -0.849. The second kappa shape index (κ2) is 7.74. The average Bonchev–Trinajstić information content (AvgIpc) is 2.55. The molecule has 0 radical (unpaired) electrons. The standard InChI is InChI=1S/C17H17NO5S/c1-3-22-17(19)11-16(14-5-4-10-18-12-14)23-24(20,21)15-8-6-13(2)7-9-15/h4-12H,3H2,1-2H3/b16-11+. The highest BCUT2D eigenvalue weighted by Gasteiger charge is 2.20. The quantitative estimate of drug-likeness (QED) is 0.346. The normalized spacial score (nSPS) is 11.8. The maximum atomic E-state index is 12.4. The van der Waals surface area contributed by atoms with Crippen molar-refractivity contribution in [3.8, 4) is 0 Å². The Balaban J connectivity index is 2.38. The highest BCUT2D eigenvalue weighted by Crippen LogP contribution is 2.23. The highest BCUT2D eigenvalue weighted by atomic mass is 32.2. The SMILES string of the molecule is CCOC(=O)/C=C(/OS(=O)(=O)c1ccc(C)cc1)c1cccnc1. The molecule has 2 aromatic rings. The third-order valence-corrected chi connectivity index (χ3v) is 4.24. The Kier molecular flexibility index (Phi) is 5.70. The second-order valence-corrected chi connectivity index (χ2v) is 6.40. The number of pyridine rings is 1. The van der Waals surface area contributed by atoms with Crippen LogP contribution < -0.4 is 0 Å². The molecule has 1 aromatic carbocycles. The first-order valence-corrected chi connectivity index (χ1v) is 8.63. The Morgan fingerprint density at radius 3 is 2.50 bits per heavy atom. The number of aromatic nitrogens is 1. The molecule has 0 saturated carbocycles. The fourth-order valence-electron chi connectivity index (χ4n) is 1.83. The van der Waals surface area contributed by atoms with Crippen LogP contribution in [0.25, 0.3) is 5.76 Å². The molecule has 126 valence electrons. The third kappa shape index (κ3) is 4.66. The van der Waals surface area contributed by atoms with Crippen LogP contribution in [0.2, 0.25) is 0 Å². The molecule has 24 heavy (non-hydrogen) atoms. The Morgan fingerprint density at radius 1 is 1.21 bits per heavy atom. The van der Waals surface area contributed by atoms with Crippen LogP contribution in [0.4, 0.5) is 0 Å². The van der Waals surface area contributed by atoms with E-state index in [-0.39, 0.29) is 17.3 Å². The first-order chi connectivity index (χ1) is 11.4. The molecule has 0 fully saturated rings. The van der Waals surface area contributed by atoms with E-state index in [2.05, 4.69) is 4.98 Å². The van der Waals surface area contributed by atoms with Gasteiger partial charge < -0.3 is 8.92 Å². The maximum absolute atomic E-state index is 12.4. The number of esters is 1. The maximum Gasteiger partial charge on any atom is 0.339 e. The van der Waals surface area contributed by atoms with Crippen LogP contribution in [-0.2, 0) is 23.8 Å². The fraction of sp³-hybridized carbons (Fsp3) is 0.176. The fourth-order valence-corrected chi connectivity index (χ4v) is 2.77. The van der Waals surface area contributed by atoms with Gasteiger partial charge in [0.2, 0.25) is 0 Å². The summed E-state index contributed by atoms with van der Waals surface area (Å²) < 4.78 is 34.8. The topological polar surface area (TPSA) is 82.6 Å². The summed E-state index contributed by atoms with van der Waals surface area (Å²) in [6.45, 7) is 3.67. The molecule has 0 unspecified atom stereocenters. The van der Waals surface area contributed by atoms with Gasteiger partial charge in [0.05, 0.1) is 12.7 Å². The van der Waals surface area contributed by atoms with Gasteiger partial charge in [0.25, 0.3) is 0 Å². The van der Waals surface area contributed by atoms with Crippen molar-refractivity contribution in [3.05, 3.63) is 66.0 Å². The number of aryl methyl sites for hydroxylation is 1. The van der Waals surface area contributed by atoms with E-state index in [9.17, 15) is 13.2 Å². The molecule has 1 heterocycles. The molecule has 0 aliphatic heterocycles. The first kappa shape index (κ1) is 17.7. The van der Waals surface area contributed by atoms with Gasteiger partial charge in [0.1, 0.15) is 4.90 Å². The number of hydrogen-bond donors (Lipinski definition) is 0. The van der Waals surface area contributed by atoms with E-state index >= 15 is 0 Å². The molecule has 0 amide bonds. The zero-order chi connectivity index (χ0) is 17.6. The van der Waals surface area contributed by atoms with Crippen LogP contribution in [0.15, 0.2) is 59.8 Å². The summed E-state index contributed by atoms with van der Waals surface area (Å²) in [6.07, 6.45) is 3.92. The Morgan fingerprint density at radius 2 is 1.92 bits per heavy atom. The lowest BCUT2D eigenvalue weighted by Crippen LogP contribution is -2.09. The van der Waals surface area contributed by atoms with Crippen molar-refractivity contribution in [2.24, 2.45) is 0 Å². The second-order valence-electron chi connectivity index (χ2n) is 4.85. The molecule has 0 aliphatic rings. The van der Waals surface area contributed by atoms with E-state index in [1.807, 2.05) is 6.92 Å². The summed E-state index contributed by atoms with van der Waals surface area (Å²) >= 11 is 0. The van der Waals surface area contributed by atoms with Crippen molar-refractivity contribution < 1.29 is 22.1 Å². The zero-order valence-electron chi connectivity index (χ0n) is 13.3. The number of nitrogens with zero attached hydrogens (tertiary/aromatic N) is 1. The summed E-state index contributed by atoms with van der Waals surface area (Å²) in [5.41, 5.74) is 1.27. The van der Waals surface area contributed by atoms with E-state index in [1.165, 1.54) is 24.5 Å². The predicted molar refractivity (Wildman–Crippen MR) is 88.3 cm³/mol. The first-order valence-electron chi connectivity index (χ1n) is 7.22. The van der Waals surface area contributed by atoms with E-state index in [4.69, 9.17) is 8.92 Å². The van der Waals surface area contributed by atoms with Gasteiger partial charge in [0.15, 0.2) is 5.76 Å². The minimum atomic E-state index is -4.09. The van der Waals surface area contributed by atoms with Crippen LogP contribution in [-0.4, -0.2) is 26.0 Å². The van der Waals surface area contributed by atoms with E-state index in [0.29, 0.717) is 5.56 Å². The minimum Gasteiger partial charge on any atom is -0.463 e. The molecule has 1 aromatic heterocycles. The zero-order valence-corrected chi connectivity index (χ0v) is 14.1. The van der Waals surface area contributed by atoms with E-state index in [1.54, 1.807) is 31.2 Å². The van der Waals surface area contributed by atoms with Crippen LogP contribution in [0, 0.1) is 6.92 Å². The van der Waals surface area contributed by atoms with Crippen LogP contribution >= 0.6 is 0 Å². The molecular formula is C17H17NO5S. The summed E-state index contributed by atoms with van der Waals surface area (Å²) in [7, 11) is -4.09. The van der Waals surface area contributed by atoms with Crippen molar-refractivity contribution in [2.45, 2.75) is 18.7 Å². The minimum absolute atomic E-state index is 0.00764. The van der Waals surface area contributed by atoms with Gasteiger partial charge >= 0.3 is 16.1 Å². The summed E-state index contributed by atoms with van der Waals surface area (Å²) in [4.78, 5) is 15.6. The van der Waals surface area contributed by atoms with Crippen molar-refractivity contribution in [2.75, 3.05) is 6.61 Å². The highest BCUT2D eigenvalue weighted by molar-refractivity contribution is 7.87. The molecule has 0 bridgehead atoms. The molecule has 2 rings (SSSR count). The Labute approximate surface area is 140 Å². The molecule has 7 heteroatoms. The number of benzene rings is 1. The Hall–Kier alpha value is -2.67. The van der Waals surface area contributed by atoms with Gasteiger partial charge in [-0.05, 0) is 38.1 Å². The monoisotopic (exact) mass is 347 g/mol. The van der Waals surface area contributed by atoms with Crippen LogP contribution in [0.3, 0.4) is 0 Å².